The summed E-state index contributed by atoms with van der Waals surface area (Å²) in [5.41, 5.74) is 3.01. The highest BCUT2D eigenvalue weighted by Crippen LogP contribution is 2.29. The molecule has 1 heterocycles. The zero-order valence-electron chi connectivity index (χ0n) is 22.1. The zero-order chi connectivity index (χ0) is 26.9. The molecule has 1 amide bonds. The molecule has 1 aliphatic rings. The zero-order valence-corrected chi connectivity index (χ0v) is 22.8. The van der Waals surface area contributed by atoms with Crippen molar-refractivity contribution in [3.05, 3.63) is 101 Å². The molecule has 202 valence electrons. The van der Waals surface area contributed by atoms with Crippen LogP contribution in [0.15, 0.2) is 78.9 Å². The molecular formula is C30H37ClN4O3. The lowest BCUT2D eigenvalue weighted by atomic mass is 9.96. The minimum atomic E-state index is -0.785. The number of benzene rings is 3. The van der Waals surface area contributed by atoms with Gasteiger partial charge in [0.1, 0.15) is 18.6 Å². The summed E-state index contributed by atoms with van der Waals surface area (Å²) in [6.45, 7) is 5.10. The van der Waals surface area contributed by atoms with Crippen LogP contribution in [0.2, 0.25) is 5.02 Å². The first-order chi connectivity index (χ1) is 18.4. The third-order valence-corrected chi connectivity index (χ3v) is 7.12. The average Bonchev–Trinajstić information content (AvgIpc) is 2.94. The number of amides is 1. The van der Waals surface area contributed by atoms with E-state index < -0.39 is 6.23 Å². The monoisotopic (exact) mass is 536 g/mol. The summed E-state index contributed by atoms with van der Waals surface area (Å²) in [6, 6.07) is 26.5. The third-order valence-electron chi connectivity index (χ3n) is 6.89. The number of hydrogen-bond donors (Lipinski definition) is 2. The normalized spacial score (nSPS) is 15.5. The molecule has 1 saturated heterocycles. The van der Waals surface area contributed by atoms with Gasteiger partial charge in [0.25, 0.3) is 5.91 Å². The number of nitrogens with zero attached hydrogens (tertiary/aromatic N) is 3. The molecule has 1 fully saturated rings. The van der Waals surface area contributed by atoms with Crippen LogP contribution in [-0.2, 0) is 0 Å². The Hall–Kier alpha value is -2.94. The van der Waals surface area contributed by atoms with Gasteiger partial charge in [-0.1, -0.05) is 72.3 Å². The molecule has 0 bridgehead atoms. The summed E-state index contributed by atoms with van der Waals surface area (Å²) < 4.78 is 5.71. The number of hydrogen-bond acceptors (Lipinski definition) is 6. The quantitative estimate of drug-likeness (QED) is 0.364. The first-order valence-electron chi connectivity index (χ1n) is 13.0. The van der Waals surface area contributed by atoms with E-state index in [1.165, 1.54) is 11.1 Å². The Kier molecular flexibility index (Phi) is 10.1. The predicted octanol–water partition coefficient (Wildman–Crippen LogP) is 3.74. The summed E-state index contributed by atoms with van der Waals surface area (Å²) >= 11 is 6.12. The number of piperazine rings is 1. The number of halogens is 1. The van der Waals surface area contributed by atoms with E-state index in [4.69, 9.17) is 16.3 Å². The molecule has 0 aliphatic carbocycles. The van der Waals surface area contributed by atoms with Gasteiger partial charge in [-0.2, -0.15) is 0 Å². The molecule has 7 nitrogen and oxygen atoms in total. The van der Waals surface area contributed by atoms with Crippen LogP contribution in [0.5, 0.6) is 5.75 Å². The van der Waals surface area contributed by atoms with Crippen molar-refractivity contribution >= 4 is 17.5 Å². The molecule has 0 aromatic heterocycles. The number of aliphatic hydroxyl groups is 1. The average molecular weight is 537 g/mol. The lowest BCUT2D eigenvalue weighted by molar-refractivity contribution is 0.00164. The summed E-state index contributed by atoms with van der Waals surface area (Å²) in [7, 11) is 3.51. The molecule has 1 aliphatic heterocycles. The molecule has 1 atom stereocenters. The largest absolute Gasteiger partial charge is 0.489 e. The van der Waals surface area contributed by atoms with Crippen LogP contribution < -0.4 is 10.1 Å². The van der Waals surface area contributed by atoms with Gasteiger partial charge < -0.3 is 15.2 Å². The van der Waals surface area contributed by atoms with Crippen LogP contribution in [0.25, 0.3) is 0 Å². The molecule has 38 heavy (non-hydrogen) atoms. The number of ether oxygens (including phenoxy) is 1. The van der Waals surface area contributed by atoms with Crippen molar-refractivity contribution in [1.29, 1.82) is 0 Å². The summed E-state index contributed by atoms with van der Waals surface area (Å²) in [5, 5.41) is 13.5. The Bertz CT molecular complexity index is 1120. The molecular weight excluding hydrogens is 500 g/mol. The van der Waals surface area contributed by atoms with Crippen molar-refractivity contribution in [2.45, 2.75) is 12.3 Å². The van der Waals surface area contributed by atoms with Gasteiger partial charge in [0.05, 0.1) is 11.6 Å². The second-order valence-corrected chi connectivity index (χ2v) is 10.2. The Labute approximate surface area is 230 Å². The van der Waals surface area contributed by atoms with Crippen LogP contribution in [0.1, 0.15) is 27.5 Å². The minimum absolute atomic E-state index is 0.0326. The van der Waals surface area contributed by atoms with Crippen molar-refractivity contribution in [3.8, 4) is 5.75 Å². The third kappa shape index (κ3) is 7.56. The smallest absolute Gasteiger partial charge is 0.255 e. The maximum absolute atomic E-state index is 12.9. The van der Waals surface area contributed by atoms with Crippen LogP contribution in [0.3, 0.4) is 0 Å². The van der Waals surface area contributed by atoms with Crippen molar-refractivity contribution in [1.82, 2.24) is 20.0 Å². The van der Waals surface area contributed by atoms with E-state index in [0.717, 1.165) is 32.7 Å². The highest BCUT2D eigenvalue weighted by atomic mass is 35.5. The molecule has 4 rings (SSSR count). The molecule has 0 saturated carbocycles. The van der Waals surface area contributed by atoms with E-state index in [1.54, 1.807) is 37.2 Å². The molecule has 2 N–H and O–H groups in total. The lowest BCUT2D eigenvalue weighted by Crippen LogP contribution is -2.49. The van der Waals surface area contributed by atoms with Gasteiger partial charge in [0.15, 0.2) is 0 Å². The molecule has 3 aromatic rings. The van der Waals surface area contributed by atoms with Crippen LogP contribution in [0, 0.1) is 0 Å². The van der Waals surface area contributed by atoms with Gasteiger partial charge in [-0.15, -0.1) is 0 Å². The van der Waals surface area contributed by atoms with E-state index in [1.807, 2.05) is 0 Å². The Morgan fingerprint density at radius 3 is 2.16 bits per heavy atom. The van der Waals surface area contributed by atoms with Gasteiger partial charge >= 0.3 is 0 Å². The second kappa shape index (κ2) is 13.7. The molecule has 3 aromatic carbocycles. The first kappa shape index (κ1) is 28.1. The van der Waals surface area contributed by atoms with Gasteiger partial charge in [-0.05, 0) is 43.4 Å². The van der Waals surface area contributed by atoms with Crippen molar-refractivity contribution in [2.75, 3.05) is 60.0 Å². The first-order valence-corrected chi connectivity index (χ1v) is 13.4. The van der Waals surface area contributed by atoms with Crippen molar-refractivity contribution in [3.63, 3.8) is 0 Å². The number of carbonyl (C=O) groups excluding carboxylic acids is 1. The summed E-state index contributed by atoms with van der Waals surface area (Å²) in [4.78, 5) is 19.5. The van der Waals surface area contributed by atoms with E-state index in [-0.39, 0.29) is 18.6 Å². The number of carbonyl (C=O) groups is 1. The lowest BCUT2D eigenvalue weighted by Gasteiger charge is -2.39. The van der Waals surface area contributed by atoms with E-state index >= 15 is 0 Å². The predicted molar refractivity (Wildman–Crippen MR) is 152 cm³/mol. The molecule has 8 heteroatoms. The van der Waals surface area contributed by atoms with E-state index in [2.05, 4.69) is 75.8 Å². The van der Waals surface area contributed by atoms with Crippen molar-refractivity contribution in [2.24, 2.45) is 0 Å². The number of likely N-dealkylation sites (N-methyl/N-ethyl adjacent to an activating group) is 1. The molecule has 0 radical (unpaired) electrons. The Balaban J connectivity index is 1.30. The van der Waals surface area contributed by atoms with Gasteiger partial charge in [-0.3, -0.25) is 19.5 Å². The molecule has 1 unspecified atom stereocenters. The maximum atomic E-state index is 12.9. The number of aliphatic hydroxyl groups excluding tert-OH is 1. The number of nitrogens with one attached hydrogen (secondary N) is 1. The van der Waals surface area contributed by atoms with Gasteiger partial charge in [0, 0.05) is 44.3 Å². The topological polar surface area (TPSA) is 68.3 Å². The SMILES string of the molecule is CN(C)C(O)COc1cc(Cl)ccc1C(=O)NCCN1CCN(C(c2ccccc2)c2ccccc2)CC1. The maximum Gasteiger partial charge on any atom is 0.255 e. The fourth-order valence-electron chi connectivity index (χ4n) is 4.67. The highest BCUT2D eigenvalue weighted by molar-refractivity contribution is 6.30. The summed E-state index contributed by atoms with van der Waals surface area (Å²) in [5.74, 6) is 0.139. The number of rotatable bonds is 11. The van der Waals surface area contributed by atoms with Crippen LogP contribution in [-0.4, -0.2) is 91.9 Å². The minimum Gasteiger partial charge on any atom is -0.489 e. The standard InChI is InChI=1S/C30H37ClN4O3/c1-33(2)28(36)22-38-27-21-25(31)13-14-26(27)30(37)32-15-16-34-17-19-35(20-18-34)29(23-9-5-3-6-10-23)24-11-7-4-8-12-24/h3-14,21,28-29,36H,15-20,22H2,1-2H3,(H,32,37). The van der Waals surface area contributed by atoms with Gasteiger partial charge in [0.2, 0.25) is 0 Å². The fourth-order valence-corrected chi connectivity index (χ4v) is 4.83. The van der Waals surface area contributed by atoms with Gasteiger partial charge in [-0.25, -0.2) is 0 Å². The van der Waals surface area contributed by atoms with Crippen LogP contribution in [0.4, 0.5) is 0 Å². The Morgan fingerprint density at radius 2 is 1.58 bits per heavy atom. The second-order valence-electron chi connectivity index (χ2n) is 9.75. The van der Waals surface area contributed by atoms with Crippen molar-refractivity contribution < 1.29 is 14.6 Å². The summed E-state index contributed by atoms with van der Waals surface area (Å²) in [6.07, 6.45) is -0.785. The van der Waals surface area contributed by atoms with E-state index in [9.17, 15) is 9.90 Å². The van der Waals surface area contributed by atoms with Crippen LogP contribution >= 0.6 is 11.6 Å². The Morgan fingerprint density at radius 1 is 0.974 bits per heavy atom. The highest BCUT2D eigenvalue weighted by Gasteiger charge is 2.26. The van der Waals surface area contributed by atoms with E-state index in [0.29, 0.717) is 22.9 Å². The molecule has 0 spiro atoms. The fraction of sp³-hybridized carbons (Fsp3) is 0.367.